The maximum atomic E-state index is 12.8. The van der Waals surface area contributed by atoms with Crippen LogP contribution in [0.15, 0.2) is 12.2 Å². The fourth-order valence-corrected chi connectivity index (χ4v) is 3.14. The molecule has 1 rings (SSSR count). The Bertz CT molecular complexity index is 661. The van der Waals surface area contributed by atoms with E-state index in [-0.39, 0.29) is 31.3 Å². The highest BCUT2D eigenvalue weighted by Crippen LogP contribution is 2.36. The van der Waals surface area contributed by atoms with E-state index in [1.807, 2.05) is 0 Å². The van der Waals surface area contributed by atoms with Gasteiger partial charge in [0, 0.05) is 5.57 Å². The van der Waals surface area contributed by atoms with Crippen LogP contribution < -0.4 is 0 Å². The van der Waals surface area contributed by atoms with Crippen LogP contribution in [0.4, 0.5) is 13.2 Å². The zero-order valence-electron chi connectivity index (χ0n) is 14.3. The molecule has 1 unspecified atom stereocenters. The third kappa shape index (κ3) is 6.94. The molecule has 26 heavy (non-hydrogen) atoms. The molecule has 0 aromatic heterocycles. The smallest absolute Gasteiger partial charge is 0.426 e. The molecule has 1 atom stereocenters. The van der Waals surface area contributed by atoms with Gasteiger partial charge in [-0.3, -0.25) is 9.35 Å². The van der Waals surface area contributed by atoms with Crippen molar-refractivity contribution < 1.29 is 45.2 Å². The second kappa shape index (κ2) is 7.95. The standard InChI is InChI=1S/C15H21F3O7S/c1-9(2)12(19)25-14(3)6-4-10(5-7-14)13(20)24-11(15(16,17)18)8-26(21,22)23/h10-11H,1,4-8H2,2-3H3,(H,21,22,23). The lowest BCUT2D eigenvalue weighted by Crippen LogP contribution is -2.43. The summed E-state index contributed by atoms with van der Waals surface area (Å²) in [4.78, 5) is 23.6. The summed E-state index contributed by atoms with van der Waals surface area (Å²) in [5, 5.41) is 0. The first-order valence-electron chi connectivity index (χ1n) is 7.74. The van der Waals surface area contributed by atoms with Crippen LogP contribution in [0.2, 0.25) is 0 Å². The Morgan fingerprint density at radius 2 is 1.81 bits per heavy atom. The fraction of sp³-hybridized carbons (Fsp3) is 0.733. The van der Waals surface area contributed by atoms with Crippen molar-refractivity contribution >= 4 is 22.1 Å². The van der Waals surface area contributed by atoms with E-state index in [1.165, 1.54) is 6.92 Å². The number of hydrogen-bond acceptors (Lipinski definition) is 6. The Morgan fingerprint density at radius 3 is 2.19 bits per heavy atom. The van der Waals surface area contributed by atoms with Crippen molar-refractivity contribution in [2.75, 3.05) is 5.75 Å². The molecule has 1 saturated carbocycles. The summed E-state index contributed by atoms with van der Waals surface area (Å²) in [6.45, 7) is 6.57. The van der Waals surface area contributed by atoms with Crippen molar-refractivity contribution in [3.63, 3.8) is 0 Å². The molecule has 0 spiro atoms. The van der Waals surface area contributed by atoms with E-state index < -0.39 is 51.6 Å². The van der Waals surface area contributed by atoms with Gasteiger partial charge in [0.2, 0.25) is 6.10 Å². The Kier molecular flexibility index (Phi) is 6.86. The van der Waals surface area contributed by atoms with Gasteiger partial charge in [0.15, 0.2) is 0 Å². The number of ether oxygens (including phenoxy) is 2. The minimum absolute atomic E-state index is 0.106. The normalized spacial score (nSPS) is 25.2. The van der Waals surface area contributed by atoms with Crippen LogP contribution in [0.3, 0.4) is 0 Å². The molecular weight excluding hydrogens is 381 g/mol. The molecule has 1 aliphatic rings. The summed E-state index contributed by atoms with van der Waals surface area (Å²) < 4.78 is 78.0. The van der Waals surface area contributed by atoms with E-state index in [9.17, 15) is 31.2 Å². The van der Waals surface area contributed by atoms with Crippen molar-refractivity contribution in [1.29, 1.82) is 0 Å². The summed E-state index contributed by atoms with van der Waals surface area (Å²) in [5.74, 6) is -4.45. The number of alkyl halides is 3. The Hall–Kier alpha value is -1.62. The highest BCUT2D eigenvalue weighted by atomic mass is 32.2. The van der Waals surface area contributed by atoms with Gasteiger partial charge in [-0.25, -0.2) is 4.79 Å². The quantitative estimate of drug-likeness (QED) is 0.413. The van der Waals surface area contributed by atoms with E-state index in [0.29, 0.717) is 0 Å². The molecule has 0 saturated heterocycles. The molecule has 1 N–H and O–H groups in total. The number of carbonyl (C=O) groups is 2. The molecule has 11 heteroatoms. The van der Waals surface area contributed by atoms with Crippen molar-refractivity contribution in [1.82, 2.24) is 0 Å². The van der Waals surface area contributed by atoms with Crippen molar-refractivity contribution in [2.24, 2.45) is 5.92 Å². The summed E-state index contributed by atoms with van der Waals surface area (Å²) in [6, 6.07) is 0. The predicted molar refractivity (Wildman–Crippen MR) is 83.6 cm³/mol. The molecule has 1 fully saturated rings. The van der Waals surface area contributed by atoms with Gasteiger partial charge < -0.3 is 9.47 Å². The molecule has 1 aliphatic carbocycles. The van der Waals surface area contributed by atoms with Crippen LogP contribution >= 0.6 is 0 Å². The van der Waals surface area contributed by atoms with Gasteiger partial charge in [-0.15, -0.1) is 0 Å². The van der Waals surface area contributed by atoms with Crippen LogP contribution in [0.5, 0.6) is 0 Å². The van der Waals surface area contributed by atoms with Crippen LogP contribution in [0.1, 0.15) is 39.5 Å². The zero-order valence-corrected chi connectivity index (χ0v) is 15.2. The molecule has 7 nitrogen and oxygen atoms in total. The molecule has 0 amide bonds. The topological polar surface area (TPSA) is 107 Å². The first-order chi connectivity index (χ1) is 11.6. The van der Waals surface area contributed by atoms with E-state index in [0.717, 1.165) is 0 Å². The molecule has 0 aromatic carbocycles. The Labute approximate surface area is 149 Å². The van der Waals surface area contributed by atoms with Gasteiger partial charge in [-0.1, -0.05) is 6.58 Å². The molecule has 0 aliphatic heterocycles. The van der Waals surface area contributed by atoms with Gasteiger partial charge in [0.05, 0.1) is 5.92 Å². The second-order valence-electron chi connectivity index (χ2n) is 6.61. The van der Waals surface area contributed by atoms with Gasteiger partial charge in [-0.2, -0.15) is 21.6 Å². The van der Waals surface area contributed by atoms with Gasteiger partial charge in [0.1, 0.15) is 11.4 Å². The van der Waals surface area contributed by atoms with Gasteiger partial charge in [0.25, 0.3) is 10.1 Å². The zero-order chi connectivity index (χ0) is 20.3. The maximum Gasteiger partial charge on any atom is 0.426 e. The molecule has 0 bridgehead atoms. The number of rotatable bonds is 6. The van der Waals surface area contributed by atoms with Crippen LogP contribution in [-0.4, -0.2) is 48.5 Å². The minimum Gasteiger partial charge on any atom is -0.456 e. The maximum absolute atomic E-state index is 12.8. The van der Waals surface area contributed by atoms with Crippen molar-refractivity contribution in [3.05, 3.63) is 12.2 Å². The second-order valence-corrected chi connectivity index (χ2v) is 8.11. The van der Waals surface area contributed by atoms with Crippen molar-refractivity contribution in [3.8, 4) is 0 Å². The van der Waals surface area contributed by atoms with Crippen LogP contribution in [0, 0.1) is 5.92 Å². The van der Waals surface area contributed by atoms with Gasteiger partial charge in [-0.05, 0) is 39.5 Å². The Morgan fingerprint density at radius 1 is 1.31 bits per heavy atom. The lowest BCUT2D eigenvalue weighted by atomic mass is 9.79. The van der Waals surface area contributed by atoms with Gasteiger partial charge >= 0.3 is 18.1 Å². The SMILES string of the molecule is C=C(C)C(=O)OC1(C)CCC(C(=O)OC(CS(=O)(=O)O)C(F)(F)F)CC1. The lowest BCUT2D eigenvalue weighted by Gasteiger charge is -2.36. The highest BCUT2D eigenvalue weighted by Gasteiger charge is 2.47. The largest absolute Gasteiger partial charge is 0.456 e. The monoisotopic (exact) mass is 402 g/mol. The third-order valence-electron chi connectivity index (χ3n) is 4.05. The number of carbonyl (C=O) groups excluding carboxylic acids is 2. The van der Waals surface area contributed by atoms with E-state index in [1.54, 1.807) is 6.92 Å². The molecule has 150 valence electrons. The van der Waals surface area contributed by atoms with E-state index in [2.05, 4.69) is 11.3 Å². The average molecular weight is 402 g/mol. The minimum atomic E-state index is -5.13. The molecular formula is C15H21F3O7S. The number of esters is 2. The number of halogens is 3. The predicted octanol–water partition coefficient (Wildman–Crippen LogP) is 2.42. The molecule has 0 heterocycles. The van der Waals surface area contributed by atoms with E-state index in [4.69, 9.17) is 9.29 Å². The molecule has 0 radical (unpaired) electrons. The fourth-order valence-electron chi connectivity index (χ4n) is 2.50. The first-order valence-corrected chi connectivity index (χ1v) is 9.35. The average Bonchev–Trinajstić information content (AvgIpc) is 2.44. The summed E-state index contributed by atoms with van der Waals surface area (Å²) in [5.41, 5.74) is -0.670. The summed E-state index contributed by atoms with van der Waals surface area (Å²) in [6.07, 6.45) is -7.42. The van der Waals surface area contributed by atoms with Crippen molar-refractivity contribution in [2.45, 2.75) is 57.4 Å². The Balaban J connectivity index is 2.70. The first kappa shape index (κ1) is 22.4. The van der Waals surface area contributed by atoms with Crippen LogP contribution in [-0.2, 0) is 29.2 Å². The molecule has 0 aromatic rings. The van der Waals surface area contributed by atoms with E-state index >= 15 is 0 Å². The number of hydrogen-bond donors (Lipinski definition) is 1. The lowest BCUT2D eigenvalue weighted by molar-refractivity contribution is -0.218. The van der Waals surface area contributed by atoms with Crippen LogP contribution in [0.25, 0.3) is 0 Å². The third-order valence-corrected chi connectivity index (χ3v) is 4.77. The summed E-state index contributed by atoms with van der Waals surface area (Å²) >= 11 is 0. The highest BCUT2D eigenvalue weighted by molar-refractivity contribution is 7.85. The summed E-state index contributed by atoms with van der Waals surface area (Å²) in [7, 11) is -4.99.